The Morgan fingerprint density at radius 3 is 2.84 bits per heavy atom. The van der Waals surface area contributed by atoms with E-state index < -0.39 is 0 Å². The summed E-state index contributed by atoms with van der Waals surface area (Å²) in [6, 6.07) is 5.82. The Balaban J connectivity index is 1.47. The van der Waals surface area contributed by atoms with Crippen LogP contribution in [-0.2, 0) is 0 Å². The minimum Gasteiger partial charge on any atom is -0.352 e. The molecule has 1 saturated heterocycles. The Labute approximate surface area is 147 Å². The molecule has 2 aromatic rings. The Hall–Kier alpha value is -2.08. The molecular formula is C19H26N4O2. The number of nitrogens with one attached hydrogen (secondary N) is 3. The van der Waals surface area contributed by atoms with Crippen molar-refractivity contribution >= 4 is 16.9 Å². The van der Waals surface area contributed by atoms with Crippen LogP contribution in [0, 0.1) is 5.92 Å². The van der Waals surface area contributed by atoms with Crippen molar-refractivity contribution in [2.75, 3.05) is 19.6 Å². The molecule has 1 saturated carbocycles. The van der Waals surface area contributed by atoms with E-state index in [0.717, 1.165) is 43.4 Å². The third kappa shape index (κ3) is 3.35. The van der Waals surface area contributed by atoms with Gasteiger partial charge >= 0.3 is 5.69 Å². The number of amides is 1. The zero-order valence-electron chi connectivity index (χ0n) is 14.5. The van der Waals surface area contributed by atoms with Crippen LogP contribution < -0.4 is 16.3 Å². The maximum atomic E-state index is 12.4. The lowest BCUT2D eigenvalue weighted by molar-refractivity contribution is 0.0952. The van der Waals surface area contributed by atoms with Gasteiger partial charge in [0.15, 0.2) is 0 Å². The van der Waals surface area contributed by atoms with E-state index in [1.54, 1.807) is 6.07 Å². The van der Waals surface area contributed by atoms with Crippen LogP contribution in [0.25, 0.3) is 11.0 Å². The summed E-state index contributed by atoms with van der Waals surface area (Å²) in [5.74, 6) is 0.599. The minimum absolute atomic E-state index is 0.0619. The topological polar surface area (TPSA) is 78.9 Å². The molecule has 134 valence electrons. The normalized spacial score (nSPS) is 21.2. The van der Waals surface area contributed by atoms with Crippen molar-refractivity contribution in [1.29, 1.82) is 0 Å². The molecule has 0 bridgehead atoms. The van der Waals surface area contributed by atoms with Gasteiger partial charge in [-0.3, -0.25) is 9.36 Å². The molecule has 6 heteroatoms. The number of nitrogens with zero attached hydrogens (tertiary/aromatic N) is 1. The number of aromatic amines is 1. The van der Waals surface area contributed by atoms with E-state index in [-0.39, 0.29) is 11.6 Å². The zero-order valence-corrected chi connectivity index (χ0v) is 14.5. The van der Waals surface area contributed by atoms with Crippen molar-refractivity contribution in [2.45, 2.75) is 44.6 Å². The molecule has 25 heavy (non-hydrogen) atoms. The fraction of sp³-hybridized carbons (Fsp3) is 0.579. The monoisotopic (exact) mass is 342 g/mol. The summed E-state index contributed by atoms with van der Waals surface area (Å²) in [5, 5.41) is 6.35. The van der Waals surface area contributed by atoms with Crippen molar-refractivity contribution in [3.63, 3.8) is 0 Å². The van der Waals surface area contributed by atoms with Crippen molar-refractivity contribution in [2.24, 2.45) is 5.92 Å². The van der Waals surface area contributed by atoms with Gasteiger partial charge in [0, 0.05) is 18.2 Å². The summed E-state index contributed by atoms with van der Waals surface area (Å²) in [5.41, 5.74) is 2.21. The van der Waals surface area contributed by atoms with Crippen molar-refractivity contribution in [1.82, 2.24) is 20.2 Å². The van der Waals surface area contributed by atoms with E-state index >= 15 is 0 Å². The van der Waals surface area contributed by atoms with Crippen molar-refractivity contribution in [3.05, 3.63) is 34.2 Å². The summed E-state index contributed by atoms with van der Waals surface area (Å²) in [7, 11) is 0. The van der Waals surface area contributed by atoms with Crippen LogP contribution in [0.15, 0.2) is 23.0 Å². The van der Waals surface area contributed by atoms with E-state index in [1.807, 2.05) is 16.7 Å². The number of H-pyrrole nitrogens is 1. The standard InChI is InChI=1S/C19H26N4O2/c24-18(21-10-8-13-7-9-20-12-13)14-5-6-17-16(11-14)22-19(25)23(17)15-3-1-2-4-15/h5-6,11,13,15,20H,1-4,7-10,12H2,(H,21,24)(H,22,25). The lowest BCUT2D eigenvalue weighted by atomic mass is 10.1. The van der Waals surface area contributed by atoms with Crippen molar-refractivity contribution in [3.8, 4) is 0 Å². The number of benzene rings is 1. The highest BCUT2D eigenvalue weighted by atomic mass is 16.2. The molecule has 3 N–H and O–H groups in total. The van der Waals surface area contributed by atoms with Gasteiger partial charge in [0.1, 0.15) is 0 Å². The Morgan fingerprint density at radius 1 is 1.24 bits per heavy atom. The van der Waals surface area contributed by atoms with Gasteiger partial charge in [0.25, 0.3) is 5.91 Å². The molecule has 2 fully saturated rings. The summed E-state index contributed by atoms with van der Waals surface area (Å²) in [4.78, 5) is 27.6. The average Bonchev–Trinajstić information content (AvgIpc) is 3.34. The molecule has 1 aromatic carbocycles. The van der Waals surface area contributed by atoms with Crippen LogP contribution >= 0.6 is 0 Å². The number of hydrogen-bond donors (Lipinski definition) is 3. The van der Waals surface area contributed by atoms with Gasteiger partial charge in [-0.15, -0.1) is 0 Å². The minimum atomic E-state index is -0.0673. The number of hydrogen-bond acceptors (Lipinski definition) is 3. The molecule has 0 radical (unpaired) electrons. The number of carbonyl (C=O) groups excluding carboxylic acids is 1. The van der Waals surface area contributed by atoms with Gasteiger partial charge in [-0.2, -0.15) is 0 Å². The molecule has 1 aromatic heterocycles. The first-order valence-electron chi connectivity index (χ1n) is 9.45. The Bertz CT molecular complexity index is 810. The number of aromatic nitrogens is 2. The van der Waals surface area contributed by atoms with Gasteiger partial charge in [0.2, 0.25) is 0 Å². The SMILES string of the molecule is O=C(NCCC1CCNC1)c1ccc2c(c1)[nH]c(=O)n2C1CCCC1. The third-order valence-corrected chi connectivity index (χ3v) is 5.67. The molecule has 6 nitrogen and oxygen atoms in total. The average molecular weight is 342 g/mol. The fourth-order valence-corrected chi connectivity index (χ4v) is 4.25. The second-order valence-electron chi connectivity index (χ2n) is 7.37. The largest absolute Gasteiger partial charge is 0.352 e. The van der Waals surface area contributed by atoms with Gasteiger partial charge in [-0.05, 0) is 62.9 Å². The van der Waals surface area contributed by atoms with E-state index in [9.17, 15) is 9.59 Å². The summed E-state index contributed by atoms with van der Waals surface area (Å²) < 4.78 is 1.87. The third-order valence-electron chi connectivity index (χ3n) is 5.67. The quantitative estimate of drug-likeness (QED) is 0.779. The van der Waals surface area contributed by atoms with Gasteiger partial charge in [-0.1, -0.05) is 12.8 Å². The van der Waals surface area contributed by atoms with Crippen LogP contribution in [0.5, 0.6) is 0 Å². The van der Waals surface area contributed by atoms with E-state index in [1.165, 1.54) is 19.3 Å². The first-order valence-corrected chi connectivity index (χ1v) is 9.45. The number of fused-ring (bicyclic) bond motifs is 1. The highest BCUT2D eigenvalue weighted by molar-refractivity contribution is 5.97. The highest BCUT2D eigenvalue weighted by Crippen LogP contribution is 2.30. The molecule has 2 heterocycles. The van der Waals surface area contributed by atoms with E-state index in [0.29, 0.717) is 24.1 Å². The molecule has 1 atom stereocenters. The predicted octanol–water partition coefficient (Wildman–Crippen LogP) is 2.17. The lowest BCUT2D eigenvalue weighted by Crippen LogP contribution is -2.26. The molecule has 1 amide bonds. The highest BCUT2D eigenvalue weighted by Gasteiger charge is 2.21. The van der Waals surface area contributed by atoms with Gasteiger partial charge < -0.3 is 15.6 Å². The Kier molecular flexibility index (Phi) is 4.61. The first kappa shape index (κ1) is 16.4. The maximum absolute atomic E-state index is 12.4. The maximum Gasteiger partial charge on any atom is 0.326 e. The molecule has 4 rings (SSSR count). The molecule has 0 spiro atoms. The van der Waals surface area contributed by atoms with Crippen LogP contribution in [0.2, 0.25) is 0 Å². The van der Waals surface area contributed by atoms with Crippen molar-refractivity contribution < 1.29 is 4.79 Å². The van der Waals surface area contributed by atoms with Crippen LogP contribution in [0.3, 0.4) is 0 Å². The summed E-state index contributed by atoms with van der Waals surface area (Å²) in [6.07, 6.45) is 6.69. The second-order valence-corrected chi connectivity index (χ2v) is 7.37. The van der Waals surface area contributed by atoms with Crippen LogP contribution in [0.4, 0.5) is 0 Å². The second kappa shape index (κ2) is 7.04. The number of rotatable bonds is 5. The van der Waals surface area contributed by atoms with Gasteiger partial charge in [0.05, 0.1) is 11.0 Å². The summed E-state index contributed by atoms with van der Waals surface area (Å²) >= 11 is 0. The summed E-state index contributed by atoms with van der Waals surface area (Å²) in [6.45, 7) is 2.83. The van der Waals surface area contributed by atoms with Gasteiger partial charge in [-0.25, -0.2) is 4.79 Å². The lowest BCUT2D eigenvalue weighted by Gasteiger charge is -2.12. The molecule has 1 aliphatic carbocycles. The Morgan fingerprint density at radius 2 is 2.08 bits per heavy atom. The smallest absolute Gasteiger partial charge is 0.326 e. The fourth-order valence-electron chi connectivity index (χ4n) is 4.25. The predicted molar refractivity (Wildman–Crippen MR) is 98.0 cm³/mol. The zero-order chi connectivity index (χ0) is 17.2. The van der Waals surface area contributed by atoms with Crippen LogP contribution in [0.1, 0.15) is 54.9 Å². The van der Waals surface area contributed by atoms with E-state index in [4.69, 9.17) is 0 Å². The molecule has 1 unspecified atom stereocenters. The van der Waals surface area contributed by atoms with E-state index in [2.05, 4.69) is 15.6 Å². The van der Waals surface area contributed by atoms with Crippen LogP contribution in [-0.4, -0.2) is 35.1 Å². The number of imidazole rings is 1. The molecule has 2 aliphatic rings. The molecular weight excluding hydrogens is 316 g/mol. The number of carbonyl (C=O) groups is 1. The first-order chi connectivity index (χ1) is 12.2. The molecule has 1 aliphatic heterocycles.